The molecule has 30 heavy (non-hydrogen) atoms. The van der Waals surface area contributed by atoms with E-state index in [1.807, 2.05) is 0 Å². The summed E-state index contributed by atoms with van der Waals surface area (Å²) < 4.78 is 28.3. The van der Waals surface area contributed by atoms with Crippen LogP contribution in [0.4, 0.5) is 0 Å². The van der Waals surface area contributed by atoms with Gasteiger partial charge in [0.1, 0.15) is 42.7 Å². The summed E-state index contributed by atoms with van der Waals surface area (Å²) >= 11 is 0. The summed E-state index contributed by atoms with van der Waals surface area (Å²) in [6, 6.07) is 0. The summed E-state index contributed by atoms with van der Waals surface area (Å²) in [5.74, 6) is 0. The van der Waals surface area contributed by atoms with Crippen molar-refractivity contribution in [1.82, 2.24) is 0 Å². The standard InChI is InChI=1S/C18H33NO11/c1-7-13(22)17(11(6-21)26-7)30-12-3-2-8(9(4-19)27-12)28-18-16(25)15(24)14(23)10(5-20)29-18/h7-18,20-25H,2-6,19H2,1H3/t7-,8?,9-,10?,11+,12-,13+,14+,15-,16?,17?,18-/m0/s1. The van der Waals surface area contributed by atoms with Gasteiger partial charge in [-0.25, -0.2) is 0 Å². The maximum atomic E-state index is 10.2. The van der Waals surface area contributed by atoms with Crippen molar-refractivity contribution in [3.8, 4) is 0 Å². The van der Waals surface area contributed by atoms with Gasteiger partial charge in [-0.2, -0.15) is 0 Å². The highest BCUT2D eigenvalue weighted by molar-refractivity contribution is 4.92. The van der Waals surface area contributed by atoms with Crippen LogP contribution < -0.4 is 5.73 Å². The predicted octanol–water partition coefficient (Wildman–Crippen LogP) is -3.84. The second-order valence-corrected chi connectivity index (χ2v) is 7.94. The smallest absolute Gasteiger partial charge is 0.187 e. The van der Waals surface area contributed by atoms with Gasteiger partial charge in [-0.05, 0) is 13.3 Å². The zero-order valence-corrected chi connectivity index (χ0v) is 16.8. The van der Waals surface area contributed by atoms with Gasteiger partial charge in [-0.3, -0.25) is 0 Å². The summed E-state index contributed by atoms with van der Waals surface area (Å²) in [6.45, 7) is 0.886. The van der Waals surface area contributed by atoms with Gasteiger partial charge < -0.3 is 60.1 Å². The highest BCUT2D eigenvalue weighted by atomic mass is 16.7. The van der Waals surface area contributed by atoms with E-state index in [9.17, 15) is 30.6 Å². The van der Waals surface area contributed by atoms with Crippen molar-refractivity contribution in [2.45, 2.75) is 93.4 Å². The average molecular weight is 439 g/mol. The third kappa shape index (κ3) is 4.95. The molecule has 0 saturated carbocycles. The monoisotopic (exact) mass is 439 g/mol. The lowest BCUT2D eigenvalue weighted by atomic mass is 9.98. The van der Waals surface area contributed by atoms with Crippen molar-refractivity contribution in [2.75, 3.05) is 19.8 Å². The van der Waals surface area contributed by atoms with E-state index in [1.54, 1.807) is 6.92 Å². The first-order valence-electron chi connectivity index (χ1n) is 10.2. The number of nitrogens with two attached hydrogens (primary N) is 1. The molecule has 12 nitrogen and oxygen atoms in total. The lowest BCUT2D eigenvalue weighted by molar-refractivity contribution is -0.333. The van der Waals surface area contributed by atoms with Crippen molar-refractivity contribution in [3.05, 3.63) is 0 Å². The van der Waals surface area contributed by atoms with Gasteiger partial charge in [0.2, 0.25) is 0 Å². The molecule has 0 bridgehead atoms. The van der Waals surface area contributed by atoms with Gasteiger partial charge in [0.05, 0.1) is 31.5 Å². The molecule has 0 aliphatic carbocycles. The Hall–Kier alpha value is -0.480. The summed E-state index contributed by atoms with van der Waals surface area (Å²) in [4.78, 5) is 0. The Balaban J connectivity index is 1.58. The first-order chi connectivity index (χ1) is 14.3. The van der Waals surface area contributed by atoms with Crippen LogP contribution in [0.5, 0.6) is 0 Å². The van der Waals surface area contributed by atoms with Gasteiger partial charge >= 0.3 is 0 Å². The lowest BCUT2D eigenvalue weighted by Crippen LogP contribution is -2.60. The van der Waals surface area contributed by atoms with Crippen LogP contribution in [0.3, 0.4) is 0 Å². The second-order valence-electron chi connectivity index (χ2n) is 7.94. The van der Waals surface area contributed by atoms with Gasteiger partial charge in [0.15, 0.2) is 12.6 Å². The van der Waals surface area contributed by atoms with Crippen molar-refractivity contribution < 1.29 is 54.3 Å². The molecular weight excluding hydrogens is 406 g/mol. The molecule has 0 amide bonds. The number of aliphatic hydroxyl groups excluding tert-OH is 6. The number of hydrogen-bond donors (Lipinski definition) is 7. The minimum Gasteiger partial charge on any atom is -0.394 e. The van der Waals surface area contributed by atoms with E-state index in [-0.39, 0.29) is 13.2 Å². The fourth-order valence-electron chi connectivity index (χ4n) is 4.06. The number of hydrogen-bond acceptors (Lipinski definition) is 12. The minimum absolute atomic E-state index is 0.0610. The second kappa shape index (κ2) is 10.4. The predicted molar refractivity (Wildman–Crippen MR) is 97.9 cm³/mol. The van der Waals surface area contributed by atoms with Gasteiger partial charge in [0, 0.05) is 13.0 Å². The molecule has 8 N–H and O–H groups in total. The molecule has 0 aromatic heterocycles. The molecule has 176 valence electrons. The average Bonchev–Trinajstić information content (AvgIpc) is 3.02. The van der Waals surface area contributed by atoms with Crippen LogP contribution in [-0.4, -0.2) is 124 Å². The largest absolute Gasteiger partial charge is 0.394 e. The van der Waals surface area contributed by atoms with E-state index in [0.29, 0.717) is 12.8 Å². The Bertz CT molecular complexity index is 540. The quantitative estimate of drug-likeness (QED) is 0.205. The van der Waals surface area contributed by atoms with Gasteiger partial charge in [-0.15, -0.1) is 0 Å². The Morgan fingerprint density at radius 2 is 1.50 bits per heavy atom. The third-order valence-corrected chi connectivity index (χ3v) is 5.88. The molecule has 3 saturated heterocycles. The Morgan fingerprint density at radius 3 is 2.13 bits per heavy atom. The summed E-state index contributed by atoms with van der Waals surface area (Å²) in [5.41, 5.74) is 5.80. The zero-order chi connectivity index (χ0) is 22.0. The van der Waals surface area contributed by atoms with Gasteiger partial charge in [-0.1, -0.05) is 0 Å². The molecule has 0 radical (unpaired) electrons. The van der Waals surface area contributed by atoms with E-state index in [4.69, 9.17) is 29.4 Å². The maximum absolute atomic E-state index is 10.2. The SMILES string of the molecule is C[C@@H]1O[C@H](CO)C(O[C@H]2CCC(O[C@H]3OC(CO)[C@@H](O)[C@H](O)C3O)[C@H](CN)O2)[C@@H]1O. The number of aliphatic hydroxyl groups is 6. The van der Waals surface area contributed by atoms with E-state index in [1.165, 1.54) is 0 Å². The van der Waals surface area contributed by atoms with Gasteiger partial charge in [0.25, 0.3) is 0 Å². The summed E-state index contributed by atoms with van der Waals surface area (Å²) in [5, 5.41) is 58.9. The van der Waals surface area contributed by atoms with Crippen LogP contribution in [0.1, 0.15) is 19.8 Å². The lowest BCUT2D eigenvalue weighted by Gasteiger charge is -2.43. The zero-order valence-electron chi connectivity index (χ0n) is 16.8. The normalized spacial score (nSPS) is 50.0. The highest BCUT2D eigenvalue weighted by Gasteiger charge is 2.47. The van der Waals surface area contributed by atoms with Crippen LogP contribution in [0, 0.1) is 0 Å². The van der Waals surface area contributed by atoms with Crippen molar-refractivity contribution >= 4 is 0 Å². The van der Waals surface area contributed by atoms with Crippen LogP contribution >= 0.6 is 0 Å². The van der Waals surface area contributed by atoms with E-state index < -0.39 is 80.2 Å². The molecule has 3 heterocycles. The van der Waals surface area contributed by atoms with Crippen LogP contribution in [-0.2, 0) is 23.7 Å². The molecule has 0 aromatic rings. The van der Waals surface area contributed by atoms with E-state index in [0.717, 1.165) is 0 Å². The summed E-state index contributed by atoms with van der Waals surface area (Å²) in [7, 11) is 0. The molecule has 0 aromatic carbocycles. The number of rotatable bonds is 7. The maximum Gasteiger partial charge on any atom is 0.187 e. The Morgan fingerprint density at radius 1 is 0.800 bits per heavy atom. The molecule has 4 unspecified atom stereocenters. The van der Waals surface area contributed by atoms with E-state index in [2.05, 4.69) is 0 Å². The molecular formula is C18H33NO11. The van der Waals surface area contributed by atoms with Crippen molar-refractivity contribution in [2.24, 2.45) is 5.73 Å². The third-order valence-electron chi connectivity index (χ3n) is 5.88. The van der Waals surface area contributed by atoms with Crippen LogP contribution in [0.25, 0.3) is 0 Å². The fourth-order valence-corrected chi connectivity index (χ4v) is 4.06. The highest BCUT2D eigenvalue weighted by Crippen LogP contribution is 2.31. The molecule has 12 heteroatoms. The summed E-state index contributed by atoms with van der Waals surface area (Å²) in [6.07, 6.45) is -10.9. The Labute approximate surface area is 174 Å². The molecule has 3 aliphatic heterocycles. The molecule has 12 atom stereocenters. The molecule has 3 rings (SSSR count). The topological polar surface area (TPSA) is 194 Å². The van der Waals surface area contributed by atoms with E-state index >= 15 is 0 Å². The minimum atomic E-state index is -1.54. The van der Waals surface area contributed by atoms with Crippen LogP contribution in [0.15, 0.2) is 0 Å². The first kappa shape index (κ1) is 24.2. The Kier molecular flexibility index (Phi) is 8.40. The molecule has 0 spiro atoms. The first-order valence-corrected chi connectivity index (χ1v) is 10.2. The molecule has 3 aliphatic rings. The number of ether oxygens (including phenoxy) is 5. The van der Waals surface area contributed by atoms with Crippen LogP contribution in [0.2, 0.25) is 0 Å². The van der Waals surface area contributed by atoms with Crippen molar-refractivity contribution in [3.63, 3.8) is 0 Å². The van der Waals surface area contributed by atoms with Crippen molar-refractivity contribution in [1.29, 1.82) is 0 Å². The fraction of sp³-hybridized carbons (Fsp3) is 1.00. The molecule has 3 fully saturated rings.